The lowest BCUT2D eigenvalue weighted by Gasteiger charge is -2.07. The van der Waals surface area contributed by atoms with Gasteiger partial charge in [-0.25, -0.2) is 0 Å². The minimum Gasteiger partial charge on any atom is -0.0885 e. The molecule has 0 nitrogen and oxygen atoms in total. The van der Waals surface area contributed by atoms with Crippen molar-refractivity contribution >= 4 is 0 Å². The van der Waals surface area contributed by atoms with E-state index in [0.29, 0.717) is 0 Å². The van der Waals surface area contributed by atoms with E-state index in [1.54, 1.807) is 0 Å². The van der Waals surface area contributed by atoms with Crippen molar-refractivity contribution in [2.75, 3.05) is 0 Å². The van der Waals surface area contributed by atoms with Crippen LogP contribution in [0.1, 0.15) is 175 Å². The SMILES string of the molecule is CCCCCCCCCCCCCCC/C=C/CCCCCCCCCC(C)CC. The van der Waals surface area contributed by atoms with Crippen LogP contribution < -0.4 is 0 Å². The Bertz CT molecular complexity index is 316. The number of unbranched alkanes of at least 4 members (excludes halogenated alkanes) is 20. The topological polar surface area (TPSA) is 0 Å². The highest BCUT2D eigenvalue weighted by molar-refractivity contribution is 4.81. The molecule has 0 heterocycles. The maximum absolute atomic E-state index is 2.45. The minimum atomic E-state index is 0.941. The molecule has 0 fully saturated rings. The predicted molar refractivity (Wildman–Crippen MR) is 140 cm³/mol. The molecule has 0 aliphatic carbocycles. The van der Waals surface area contributed by atoms with E-state index >= 15 is 0 Å². The van der Waals surface area contributed by atoms with Crippen LogP contribution in [-0.4, -0.2) is 0 Å². The van der Waals surface area contributed by atoms with Gasteiger partial charge < -0.3 is 0 Å². The molecular formula is C30H60. The third kappa shape index (κ3) is 25.8. The molecule has 1 atom stereocenters. The lowest BCUT2D eigenvalue weighted by molar-refractivity contribution is 0.470. The summed E-state index contributed by atoms with van der Waals surface area (Å²) in [5.74, 6) is 0.941. The zero-order valence-electron chi connectivity index (χ0n) is 21.7. The summed E-state index contributed by atoms with van der Waals surface area (Å²) in [7, 11) is 0. The largest absolute Gasteiger partial charge is 0.0885 e. The fraction of sp³-hybridized carbons (Fsp3) is 0.933. The lowest BCUT2D eigenvalue weighted by Crippen LogP contribution is -1.91. The van der Waals surface area contributed by atoms with Crippen molar-refractivity contribution in [1.29, 1.82) is 0 Å². The Morgan fingerprint density at radius 3 is 1.13 bits per heavy atom. The van der Waals surface area contributed by atoms with Crippen LogP contribution in [0.5, 0.6) is 0 Å². The van der Waals surface area contributed by atoms with Crippen LogP contribution in [0.25, 0.3) is 0 Å². The van der Waals surface area contributed by atoms with Gasteiger partial charge >= 0.3 is 0 Å². The summed E-state index contributed by atoms with van der Waals surface area (Å²) in [6.07, 6.45) is 39.4. The highest BCUT2D eigenvalue weighted by Gasteiger charge is 1.98. The smallest absolute Gasteiger partial charge is 0.0351 e. The van der Waals surface area contributed by atoms with Crippen molar-refractivity contribution < 1.29 is 0 Å². The zero-order chi connectivity index (χ0) is 22.0. The van der Waals surface area contributed by atoms with Gasteiger partial charge in [-0.1, -0.05) is 161 Å². The molecule has 0 bridgehead atoms. The summed E-state index contributed by atoms with van der Waals surface area (Å²) in [5.41, 5.74) is 0. The monoisotopic (exact) mass is 420 g/mol. The molecule has 0 N–H and O–H groups in total. The average Bonchev–Trinajstić information content (AvgIpc) is 2.76. The summed E-state index contributed by atoms with van der Waals surface area (Å²) >= 11 is 0. The van der Waals surface area contributed by atoms with Crippen LogP contribution in [0.3, 0.4) is 0 Å². The van der Waals surface area contributed by atoms with Crippen molar-refractivity contribution in [3.8, 4) is 0 Å². The van der Waals surface area contributed by atoms with Crippen LogP contribution in [0.2, 0.25) is 0 Å². The van der Waals surface area contributed by atoms with Crippen LogP contribution >= 0.6 is 0 Å². The fourth-order valence-corrected chi connectivity index (χ4v) is 4.36. The molecule has 0 saturated heterocycles. The van der Waals surface area contributed by atoms with E-state index in [1.807, 2.05) is 0 Å². The Kier molecular flexibility index (Phi) is 26.5. The Morgan fingerprint density at radius 2 is 0.767 bits per heavy atom. The molecule has 0 heteroatoms. The first-order valence-electron chi connectivity index (χ1n) is 14.5. The summed E-state index contributed by atoms with van der Waals surface area (Å²) in [4.78, 5) is 0. The third-order valence-electron chi connectivity index (χ3n) is 6.91. The maximum Gasteiger partial charge on any atom is -0.0351 e. The second-order valence-electron chi connectivity index (χ2n) is 10.1. The number of rotatable bonds is 25. The van der Waals surface area contributed by atoms with E-state index in [9.17, 15) is 0 Å². The second kappa shape index (κ2) is 26.8. The first-order valence-corrected chi connectivity index (χ1v) is 14.5. The lowest BCUT2D eigenvalue weighted by atomic mass is 9.99. The summed E-state index contributed by atoms with van der Waals surface area (Å²) in [6.45, 7) is 7.01. The highest BCUT2D eigenvalue weighted by atomic mass is 14.0. The number of hydrogen-bond donors (Lipinski definition) is 0. The van der Waals surface area contributed by atoms with Gasteiger partial charge in [0, 0.05) is 0 Å². The van der Waals surface area contributed by atoms with Crippen molar-refractivity contribution in [2.45, 2.75) is 175 Å². The Balaban J connectivity index is 3.09. The molecule has 180 valence electrons. The molecular weight excluding hydrogens is 360 g/mol. The van der Waals surface area contributed by atoms with Gasteiger partial charge in [-0.05, 0) is 31.6 Å². The molecule has 0 spiro atoms. The van der Waals surface area contributed by atoms with Crippen LogP contribution in [0.15, 0.2) is 12.2 Å². The van der Waals surface area contributed by atoms with Gasteiger partial charge in [0.15, 0.2) is 0 Å². The average molecular weight is 421 g/mol. The molecule has 0 aromatic heterocycles. The van der Waals surface area contributed by atoms with E-state index in [2.05, 4.69) is 32.9 Å². The summed E-state index contributed by atoms with van der Waals surface area (Å²) < 4.78 is 0. The van der Waals surface area contributed by atoms with E-state index in [4.69, 9.17) is 0 Å². The Hall–Kier alpha value is -0.260. The van der Waals surface area contributed by atoms with Gasteiger partial charge in [0.2, 0.25) is 0 Å². The molecule has 0 aliphatic heterocycles. The molecule has 0 aromatic rings. The minimum absolute atomic E-state index is 0.941. The molecule has 30 heavy (non-hydrogen) atoms. The van der Waals surface area contributed by atoms with Gasteiger partial charge in [-0.15, -0.1) is 0 Å². The first kappa shape index (κ1) is 29.7. The summed E-state index contributed by atoms with van der Waals surface area (Å²) in [6, 6.07) is 0. The Labute approximate surface area is 193 Å². The third-order valence-corrected chi connectivity index (χ3v) is 6.91. The van der Waals surface area contributed by atoms with E-state index in [1.165, 1.54) is 154 Å². The Morgan fingerprint density at radius 1 is 0.433 bits per heavy atom. The van der Waals surface area contributed by atoms with Gasteiger partial charge in [-0.3, -0.25) is 0 Å². The predicted octanol–water partition coefficient (Wildman–Crippen LogP) is 11.6. The molecule has 0 saturated carbocycles. The molecule has 0 aromatic carbocycles. The summed E-state index contributed by atoms with van der Waals surface area (Å²) in [5, 5.41) is 0. The van der Waals surface area contributed by atoms with Gasteiger partial charge in [0.1, 0.15) is 0 Å². The molecule has 0 amide bonds. The normalized spacial score (nSPS) is 12.8. The van der Waals surface area contributed by atoms with Gasteiger partial charge in [0.05, 0.1) is 0 Å². The molecule has 0 rings (SSSR count). The second-order valence-corrected chi connectivity index (χ2v) is 10.1. The molecule has 0 aliphatic rings. The van der Waals surface area contributed by atoms with Crippen LogP contribution in [-0.2, 0) is 0 Å². The maximum atomic E-state index is 2.45. The zero-order valence-corrected chi connectivity index (χ0v) is 21.7. The van der Waals surface area contributed by atoms with Crippen molar-refractivity contribution in [1.82, 2.24) is 0 Å². The van der Waals surface area contributed by atoms with E-state index in [-0.39, 0.29) is 0 Å². The highest BCUT2D eigenvalue weighted by Crippen LogP contribution is 2.15. The quantitative estimate of drug-likeness (QED) is 0.102. The van der Waals surface area contributed by atoms with Crippen LogP contribution in [0, 0.1) is 5.92 Å². The van der Waals surface area contributed by atoms with E-state index in [0.717, 1.165) is 5.92 Å². The molecule has 0 radical (unpaired) electrons. The standard InChI is InChI=1S/C30H60/c1-4-6-7-8-9-10-11-12-13-14-15-16-17-18-19-20-21-22-23-24-25-26-27-28-29-30(3)5-2/h19-20,30H,4-18,21-29H2,1-3H3/b20-19+. The van der Waals surface area contributed by atoms with Crippen molar-refractivity contribution in [2.24, 2.45) is 5.92 Å². The van der Waals surface area contributed by atoms with Crippen molar-refractivity contribution in [3.63, 3.8) is 0 Å². The number of allylic oxidation sites excluding steroid dienone is 2. The number of hydrogen-bond acceptors (Lipinski definition) is 0. The van der Waals surface area contributed by atoms with Gasteiger partial charge in [-0.2, -0.15) is 0 Å². The first-order chi connectivity index (χ1) is 14.8. The van der Waals surface area contributed by atoms with E-state index < -0.39 is 0 Å². The van der Waals surface area contributed by atoms with Gasteiger partial charge in [0.25, 0.3) is 0 Å². The fourth-order valence-electron chi connectivity index (χ4n) is 4.36. The molecule has 1 unspecified atom stereocenters. The van der Waals surface area contributed by atoms with Crippen LogP contribution in [0.4, 0.5) is 0 Å². The van der Waals surface area contributed by atoms with Crippen molar-refractivity contribution in [3.05, 3.63) is 12.2 Å².